The second kappa shape index (κ2) is 13.3. The zero-order valence-electron chi connectivity index (χ0n) is 22.9. The number of carbonyl (C=O) groups excluding carboxylic acids is 2. The number of hydrogen-bond acceptors (Lipinski definition) is 3. The second-order valence-corrected chi connectivity index (χ2v) is 10.5. The highest BCUT2D eigenvalue weighted by molar-refractivity contribution is 5.88. The van der Waals surface area contributed by atoms with Gasteiger partial charge in [0.15, 0.2) is 6.61 Å². The van der Waals surface area contributed by atoms with Gasteiger partial charge < -0.3 is 15.0 Å². The van der Waals surface area contributed by atoms with Crippen LogP contribution in [0.2, 0.25) is 0 Å². The maximum Gasteiger partial charge on any atom is 0.261 e. The van der Waals surface area contributed by atoms with Crippen molar-refractivity contribution in [3.05, 3.63) is 101 Å². The molecule has 1 atom stereocenters. The van der Waals surface area contributed by atoms with E-state index in [4.69, 9.17) is 4.74 Å². The van der Waals surface area contributed by atoms with Crippen LogP contribution in [0.5, 0.6) is 5.75 Å². The van der Waals surface area contributed by atoms with Crippen molar-refractivity contribution in [3.63, 3.8) is 0 Å². The van der Waals surface area contributed by atoms with Gasteiger partial charge in [-0.1, -0.05) is 86.0 Å². The minimum absolute atomic E-state index is 0.0885. The van der Waals surface area contributed by atoms with Gasteiger partial charge >= 0.3 is 0 Å². The van der Waals surface area contributed by atoms with Crippen molar-refractivity contribution in [3.8, 4) is 5.75 Å². The Morgan fingerprint density at radius 3 is 2.29 bits per heavy atom. The molecule has 1 saturated carbocycles. The van der Waals surface area contributed by atoms with Crippen molar-refractivity contribution in [2.24, 2.45) is 0 Å². The van der Waals surface area contributed by atoms with E-state index in [1.165, 1.54) is 6.42 Å². The lowest BCUT2D eigenvalue weighted by Crippen LogP contribution is -2.53. The standard InChI is InChI=1S/C33H40N2O3/c1-24-14-12-20-31(26(24)3)38-23-32(36)35(22-28-17-11-10-13-25(28)2)30(21-27-15-6-4-7-16-27)33(37)34-29-18-8-5-9-19-29/h4,6-7,10-17,20,29-30H,5,8-9,18-19,21-23H2,1-3H3,(H,34,37)/t30-/m1/s1. The molecule has 0 aliphatic heterocycles. The molecule has 0 spiro atoms. The third kappa shape index (κ3) is 7.25. The summed E-state index contributed by atoms with van der Waals surface area (Å²) in [5, 5.41) is 3.29. The Labute approximate surface area is 227 Å². The number of hydrogen-bond donors (Lipinski definition) is 1. The quantitative estimate of drug-likeness (QED) is 0.358. The summed E-state index contributed by atoms with van der Waals surface area (Å²) in [6.07, 6.45) is 5.90. The summed E-state index contributed by atoms with van der Waals surface area (Å²) in [6.45, 7) is 6.28. The van der Waals surface area contributed by atoms with E-state index in [9.17, 15) is 9.59 Å². The molecule has 0 aromatic heterocycles. The van der Waals surface area contributed by atoms with Gasteiger partial charge in [-0.25, -0.2) is 0 Å². The monoisotopic (exact) mass is 512 g/mol. The van der Waals surface area contributed by atoms with E-state index in [-0.39, 0.29) is 24.5 Å². The molecule has 1 N–H and O–H groups in total. The molecule has 2 amide bonds. The Balaban J connectivity index is 1.63. The molecular weight excluding hydrogens is 472 g/mol. The minimum atomic E-state index is -0.645. The zero-order valence-corrected chi connectivity index (χ0v) is 22.9. The smallest absolute Gasteiger partial charge is 0.261 e. The zero-order chi connectivity index (χ0) is 26.9. The average Bonchev–Trinajstić information content (AvgIpc) is 2.93. The molecule has 3 aromatic carbocycles. The van der Waals surface area contributed by atoms with E-state index in [2.05, 4.69) is 5.32 Å². The highest BCUT2D eigenvalue weighted by atomic mass is 16.5. The van der Waals surface area contributed by atoms with Crippen LogP contribution in [-0.4, -0.2) is 35.4 Å². The number of benzene rings is 3. The summed E-state index contributed by atoms with van der Waals surface area (Å²) in [5.74, 6) is 0.406. The molecule has 0 heterocycles. The van der Waals surface area contributed by atoms with Crippen LogP contribution in [0, 0.1) is 20.8 Å². The fourth-order valence-corrected chi connectivity index (χ4v) is 5.17. The Morgan fingerprint density at radius 2 is 1.55 bits per heavy atom. The first-order valence-corrected chi connectivity index (χ1v) is 13.8. The Bertz CT molecular complexity index is 1220. The first-order valence-electron chi connectivity index (χ1n) is 13.8. The van der Waals surface area contributed by atoms with Crippen molar-refractivity contribution in [2.75, 3.05) is 6.61 Å². The first-order chi connectivity index (χ1) is 18.4. The van der Waals surface area contributed by atoms with E-state index in [0.29, 0.717) is 18.7 Å². The number of rotatable bonds is 10. The molecule has 1 fully saturated rings. The highest BCUT2D eigenvalue weighted by Gasteiger charge is 2.32. The summed E-state index contributed by atoms with van der Waals surface area (Å²) in [4.78, 5) is 29.5. The number of carbonyl (C=O) groups is 2. The fourth-order valence-electron chi connectivity index (χ4n) is 5.17. The topological polar surface area (TPSA) is 58.6 Å². The van der Waals surface area contributed by atoms with E-state index < -0.39 is 6.04 Å². The molecule has 3 aromatic rings. The van der Waals surface area contributed by atoms with Gasteiger partial charge in [0.25, 0.3) is 5.91 Å². The Hall–Kier alpha value is -3.60. The van der Waals surface area contributed by atoms with E-state index in [1.54, 1.807) is 4.90 Å². The maximum atomic E-state index is 13.9. The van der Waals surface area contributed by atoms with Crippen molar-refractivity contribution in [1.29, 1.82) is 0 Å². The third-order valence-electron chi connectivity index (χ3n) is 7.73. The van der Waals surface area contributed by atoms with Crippen LogP contribution in [0.1, 0.15) is 59.9 Å². The predicted molar refractivity (Wildman–Crippen MR) is 152 cm³/mol. The van der Waals surface area contributed by atoms with Crippen LogP contribution in [0.3, 0.4) is 0 Å². The van der Waals surface area contributed by atoms with Crippen LogP contribution in [-0.2, 0) is 22.6 Å². The van der Waals surface area contributed by atoms with Crippen LogP contribution < -0.4 is 10.1 Å². The number of aryl methyl sites for hydroxylation is 2. The number of amides is 2. The number of nitrogens with zero attached hydrogens (tertiary/aromatic N) is 1. The summed E-state index contributed by atoms with van der Waals surface area (Å²) >= 11 is 0. The second-order valence-electron chi connectivity index (χ2n) is 10.5. The van der Waals surface area contributed by atoms with Gasteiger partial charge in [-0.3, -0.25) is 9.59 Å². The Morgan fingerprint density at radius 1 is 0.868 bits per heavy atom. The van der Waals surface area contributed by atoms with Crippen molar-refractivity contribution >= 4 is 11.8 Å². The molecule has 4 rings (SSSR count). The van der Waals surface area contributed by atoms with Gasteiger partial charge in [-0.15, -0.1) is 0 Å². The molecule has 0 unspecified atom stereocenters. The highest BCUT2D eigenvalue weighted by Crippen LogP contribution is 2.23. The molecule has 0 bridgehead atoms. The molecule has 1 aliphatic carbocycles. The lowest BCUT2D eigenvalue weighted by molar-refractivity contribution is -0.143. The van der Waals surface area contributed by atoms with Crippen LogP contribution in [0.25, 0.3) is 0 Å². The SMILES string of the molecule is Cc1ccccc1CN(C(=O)COc1cccc(C)c1C)[C@H](Cc1ccccc1)C(=O)NC1CCCCC1. The van der Waals surface area contributed by atoms with Crippen LogP contribution >= 0.6 is 0 Å². The lowest BCUT2D eigenvalue weighted by atomic mass is 9.94. The molecule has 200 valence electrons. The Kier molecular flexibility index (Phi) is 9.58. The van der Waals surface area contributed by atoms with Gasteiger partial charge in [0.05, 0.1) is 0 Å². The molecule has 0 saturated heterocycles. The molecule has 5 heteroatoms. The summed E-state index contributed by atoms with van der Waals surface area (Å²) in [7, 11) is 0. The molecule has 5 nitrogen and oxygen atoms in total. The van der Waals surface area contributed by atoms with E-state index in [1.807, 2.05) is 93.6 Å². The van der Waals surface area contributed by atoms with Gasteiger partial charge in [0, 0.05) is 19.0 Å². The summed E-state index contributed by atoms with van der Waals surface area (Å²) in [6, 6.07) is 23.4. The largest absolute Gasteiger partial charge is 0.483 e. The fraction of sp³-hybridized carbons (Fsp3) is 0.394. The summed E-state index contributed by atoms with van der Waals surface area (Å²) in [5.41, 5.74) is 5.26. The van der Waals surface area contributed by atoms with Crippen molar-refractivity contribution < 1.29 is 14.3 Å². The summed E-state index contributed by atoms with van der Waals surface area (Å²) < 4.78 is 6.04. The number of ether oxygens (including phenoxy) is 1. The van der Waals surface area contributed by atoms with Gasteiger partial charge in [0.2, 0.25) is 5.91 Å². The molecule has 38 heavy (non-hydrogen) atoms. The van der Waals surface area contributed by atoms with Crippen LogP contribution in [0.4, 0.5) is 0 Å². The minimum Gasteiger partial charge on any atom is -0.483 e. The van der Waals surface area contributed by atoms with Gasteiger partial charge in [0.1, 0.15) is 11.8 Å². The normalized spacial score (nSPS) is 14.5. The predicted octanol–water partition coefficient (Wildman–Crippen LogP) is 6.08. The molecular formula is C33H40N2O3. The molecule has 1 aliphatic rings. The van der Waals surface area contributed by atoms with Crippen molar-refractivity contribution in [2.45, 2.75) is 77.9 Å². The lowest BCUT2D eigenvalue weighted by Gasteiger charge is -2.33. The third-order valence-corrected chi connectivity index (χ3v) is 7.73. The molecule has 0 radical (unpaired) electrons. The van der Waals surface area contributed by atoms with Crippen molar-refractivity contribution in [1.82, 2.24) is 10.2 Å². The van der Waals surface area contributed by atoms with E-state index >= 15 is 0 Å². The van der Waals surface area contributed by atoms with Gasteiger partial charge in [-0.2, -0.15) is 0 Å². The van der Waals surface area contributed by atoms with Gasteiger partial charge in [-0.05, 0) is 67.5 Å². The number of nitrogens with one attached hydrogen (secondary N) is 1. The maximum absolute atomic E-state index is 13.9. The van der Waals surface area contributed by atoms with E-state index in [0.717, 1.165) is 53.5 Å². The average molecular weight is 513 g/mol. The first kappa shape index (κ1) is 27.4. The van der Waals surface area contributed by atoms with Crippen LogP contribution in [0.15, 0.2) is 72.8 Å².